The summed E-state index contributed by atoms with van der Waals surface area (Å²) in [6.07, 6.45) is 0. The molecular formula is C10H23NO. The van der Waals surface area contributed by atoms with Crippen molar-refractivity contribution in [2.45, 2.75) is 53.2 Å². The van der Waals surface area contributed by atoms with E-state index in [-0.39, 0.29) is 5.60 Å². The molecule has 0 aromatic rings. The van der Waals surface area contributed by atoms with Gasteiger partial charge in [-0.3, -0.25) is 5.32 Å². The number of rotatable bonds is 4. The lowest BCUT2D eigenvalue weighted by atomic mass is 10.1. The van der Waals surface area contributed by atoms with Crippen LogP contribution < -0.4 is 5.32 Å². The van der Waals surface area contributed by atoms with Gasteiger partial charge < -0.3 is 4.74 Å². The summed E-state index contributed by atoms with van der Waals surface area (Å²) in [5.74, 6) is 0.661. The van der Waals surface area contributed by atoms with Crippen molar-refractivity contribution in [3.8, 4) is 0 Å². The molecule has 0 fully saturated rings. The van der Waals surface area contributed by atoms with Crippen LogP contribution in [0.4, 0.5) is 0 Å². The van der Waals surface area contributed by atoms with E-state index in [9.17, 15) is 0 Å². The molecular weight excluding hydrogens is 150 g/mol. The molecule has 0 saturated carbocycles. The molecule has 12 heavy (non-hydrogen) atoms. The van der Waals surface area contributed by atoms with Crippen molar-refractivity contribution in [1.82, 2.24) is 5.32 Å². The van der Waals surface area contributed by atoms with E-state index in [2.05, 4.69) is 46.9 Å². The molecule has 0 spiro atoms. The van der Waals surface area contributed by atoms with Gasteiger partial charge in [-0.05, 0) is 33.6 Å². The van der Waals surface area contributed by atoms with E-state index in [1.165, 1.54) is 0 Å². The molecule has 0 aliphatic carbocycles. The zero-order valence-corrected chi connectivity index (χ0v) is 9.27. The fourth-order valence-corrected chi connectivity index (χ4v) is 0.625. The van der Waals surface area contributed by atoms with Crippen LogP contribution in [-0.2, 0) is 4.74 Å². The summed E-state index contributed by atoms with van der Waals surface area (Å²) in [6, 6.07) is 0.521. The second-order valence-corrected chi connectivity index (χ2v) is 4.64. The van der Waals surface area contributed by atoms with Crippen LogP contribution in [0.2, 0.25) is 0 Å². The number of hydrogen-bond donors (Lipinski definition) is 1. The molecule has 0 aliphatic rings. The van der Waals surface area contributed by atoms with Gasteiger partial charge in [0.2, 0.25) is 0 Å². The molecule has 2 heteroatoms. The number of nitrogens with one attached hydrogen (secondary N) is 1. The van der Waals surface area contributed by atoms with Crippen LogP contribution in [0.15, 0.2) is 0 Å². The molecule has 2 nitrogen and oxygen atoms in total. The first kappa shape index (κ1) is 11.9. The van der Waals surface area contributed by atoms with Crippen LogP contribution in [0.25, 0.3) is 0 Å². The van der Waals surface area contributed by atoms with Gasteiger partial charge in [0.25, 0.3) is 0 Å². The molecule has 0 rings (SSSR count). The van der Waals surface area contributed by atoms with Crippen LogP contribution in [0.5, 0.6) is 0 Å². The highest BCUT2D eigenvalue weighted by Gasteiger charge is 2.11. The van der Waals surface area contributed by atoms with Crippen LogP contribution in [0, 0.1) is 5.92 Å². The maximum atomic E-state index is 5.54. The molecule has 74 valence electrons. The first-order chi connectivity index (χ1) is 5.33. The summed E-state index contributed by atoms with van der Waals surface area (Å²) >= 11 is 0. The van der Waals surface area contributed by atoms with E-state index in [4.69, 9.17) is 4.74 Å². The lowest BCUT2D eigenvalue weighted by Crippen LogP contribution is -2.35. The standard InChI is InChI=1S/C10H23NO/c1-8(2)9(3)11-7-12-10(4,5)6/h8-9,11H,7H2,1-6H3. The Kier molecular flexibility index (Phi) is 4.80. The third-order valence-electron chi connectivity index (χ3n) is 1.91. The highest BCUT2D eigenvalue weighted by molar-refractivity contribution is 4.63. The molecule has 0 heterocycles. The van der Waals surface area contributed by atoms with Gasteiger partial charge in [0, 0.05) is 6.04 Å². The Balaban J connectivity index is 3.44. The predicted molar refractivity (Wildman–Crippen MR) is 53.1 cm³/mol. The molecule has 0 aromatic heterocycles. The Morgan fingerprint density at radius 2 is 1.67 bits per heavy atom. The minimum atomic E-state index is -0.0380. The fraction of sp³-hybridized carbons (Fsp3) is 1.00. The maximum absolute atomic E-state index is 5.54. The predicted octanol–water partition coefficient (Wildman–Crippen LogP) is 2.39. The van der Waals surface area contributed by atoms with Gasteiger partial charge in [0.05, 0.1) is 12.3 Å². The summed E-state index contributed by atoms with van der Waals surface area (Å²) in [4.78, 5) is 0. The van der Waals surface area contributed by atoms with Gasteiger partial charge in [-0.1, -0.05) is 13.8 Å². The largest absolute Gasteiger partial charge is 0.361 e. The van der Waals surface area contributed by atoms with Crippen molar-refractivity contribution in [3.05, 3.63) is 0 Å². The Morgan fingerprint density at radius 1 is 1.17 bits per heavy atom. The van der Waals surface area contributed by atoms with Crippen molar-refractivity contribution in [3.63, 3.8) is 0 Å². The smallest absolute Gasteiger partial charge is 0.0974 e. The van der Waals surface area contributed by atoms with Crippen molar-refractivity contribution in [1.29, 1.82) is 0 Å². The molecule has 1 atom stereocenters. The molecule has 0 radical (unpaired) electrons. The molecule has 0 amide bonds. The lowest BCUT2D eigenvalue weighted by Gasteiger charge is -2.23. The van der Waals surface area contributed by atoms with Gasteiger partial charge in [0.15, 0.2) is 0 Å². The molecule has 0 aliphatic heterocycles. The van der Waals surface area contributed by atoms with Crippen molar-refractivity contribution >= 4 is 0 Å². The van der Waals surface area contributed by atoms with E-state index in [0.29, 0.717) is 18.7 Å². The average molecular weight is 173 g/mol. The van der Waals surface area contributed by atoms with E-state index in [1.54, 1.807) is 0 Å². The zero-order valence-electron chi connectivity index (χ0n) is 9.27. The van der Waals surface area contributed by atoms with Crippen LogP contribution in [-0.4, -0.2) is 18.4 Å². The minimum absolute atomic E-state index is 0.0380. The van der Waals surface area contributed by atoms with Crippen LogP contribution in [0.1, 0.15) is 41.5 Å². The monoisotopic (exact) mass is 173 g/mol. The second kappa shape index (κ2) is 4.83. The quantitative estimate of drug-likeness (QED) is 0.659. The first-order valence-corrected chi connectivity index (χ1v) is 4.70. The van der Waals surface area contributed by atoms with E-state index in [1.807, 2.05) is 0 Å². The molecule has 0 bridgehead atoms. The van der Waals surface area contributed by atoms with Crippen LogP contribution >= 0.6 is 0 Å². The van der Waals surface area contributed by atoms with Crippen LogP contribution in [0.3, 0.4) is 0 Å². The maximum Gasteiger partial charge on any atom is 0.0974 e. The summed E-state index contributed by atoms with van der Waals surface area (Å²) in [5.41, 5.74) is -0.0380. The molecule has 1 N–H and O–H groups in total. The zero-order chi connectivity index (χ0) is 9.78. The Hall–Kier alpha value is -0.0800. The fourth-order valence-electron chi connectivity index (χ4n) is 0.625. The van der Waals surface area contributed by atoms with Gasteiger partial charge >= 0.3 is 0 Å². The normalized spacial score (nSPS) is 15.2. The highest BCUT2D eigenvalue weighted by Crippen LogP contribution is 2.06. The number of hydrogen-bond acceptors (Lipinski definition) is 2. The molecule has 0 aromatic carbocycles. The Morgan fingerprint density at radius 3 is 2.00 bits per heavy atom. The van der Waals surface area contributed by atoms with Crippen molar-refractivity contribution in [2.75, 3.05) is 6.73 Å². The SMILES string of the molecule is CC(C)C(C)NCOC(C)(C)C. The second-order valence-electron chi connectivity index (χ2n) is 4.64. The average Bonchev–Trinajstić information content (AvgIpc) is 1.84. The lowest BCUT2D eigenvalue weighted by molar-refractivity contribution is -0.0182. The Bertz CT molecular complexity index is 115. The van der Waals surface area contributed by atoms with E-state index < -0.39 is 0 Å². The summed E-state index contributed by atoms with van der Waals surface area (Å²) in [5, 5.41) is 3.32. The first-order valence-electron chi connectivity index (χ1n) is 4.70. The minimum Gasteiger partial charge on any atom is -0.361 e. The number of ether oxygens (including phenoxy) is 1. The molecule has 0 saturated heterocycles. The third-order valence-corrected chi connectivity index (χ3v) is 1.91. The molecule has 1 unspecified atom stereocenters. The van der Waals surface area contributed by atoms with E-state index >= 15 is 0 Å². The van der Waals surface area contributed by atoms with Gasteiger partial charge in [-0.15, -0.1) is 0 Å². The van der Waals surface area contributed by atoms with Gasteiger partial charge in [-0.2, -0.15) is 0 Å². The topological polar surface area (TPSA) is 21.3 Å². The summed E-state index contributed by atoms with van der Waals surface area (Å²) in [7, 11) is 0. The van der Waals surface area contributed by atoms with Crippen molar-refractivity contribution < 1.29 is 4.74 Å². The highest BCUT2D eigenvalue weighted by atomic mass is 16.5. The van der Waals surface area contributed by atoms with Gasteiger partial charge in [0.1, 0.15) is 0 Å². The summed E-state index contributed by atoms with van der Waals surface area (Å²) < 4.78 is 5.54. The van der Waals surface area contributed by atoms with Gasteiger partial charge in [-0.25, -0.2) is 0 Å². The third kappa shape index (κ3) is 6.62. The Labute approximate surface area is 76.7 Å². The summed E-state index contributed by atoms with van der Waals surface area (Å²) in [6.45, 7) is 13.4. The van der Waals surface area contributed by atoms with E-state index in [0.717, 1.165) is 0 Å². The van der Waals surface area contributed by atoms with Crippen molar-refractivity contribution in [2.24, 2.45) is 5.92 Å².